The molecule has 1 aliphatic rings. The number of rotatable bonds is 2. The first-order chi connectivity index (χ1) is 10.3. The van der Waals surface area contributed by atoms with Gasteiger partial charge in [0.15, 0.2) is 5.82 Å². The molecule has 21 heavy (non-hydrogen) atoms. The van der Waals surface area contributed by atoms with Crippen molar-refractivity contribution in [2.75, 3.05) is 11.4 Å². The lowest BCUT2D eigenvalue weighted by molar-refractivity contribution is 0.555. The zero-order valence-electron chi connectivity index (χ0n) is 11.6. The van der Waals surface area contributed by atoms with Gasteiger partial charge < -0.3 is 15.2 Å². The van der Waals surface area contributed by atoms with Crippen molar-refractivity contribution < 1.29 is 0 Å². The molecule has 6 heteroatoms. The molecular formula is C15H16N6. The summed E-state index contributed by atoms with van der Waals surface area (Å²) >= 11 is 0. The van der Waals surface area contributed by atoms with Crippen LogP contribution >= 0.6 is 0 Å². The highest BCUT2D eigenvalue weighted by molar-refractivity contribution is 5.81. The molecule has 0 atom stereocenters. The SMILES string of the molecule is NCc1cc2ccccc2nc1N1CCn2cnnc2C1. The predicted molar refractivity (Wildman–Crippen MR) is 80.7 cm³/mol. The van der Waals surface area contributed by atoms with Gasteiger partial charge in [-0.2, -0.15) is 0 Å². The minimum Gasteiger partial charge on any atom is -0.347 e. The van der Waals surface area contributed by atoms with Crippen LogP contribution in [0.3, 0.4) is 0 Å². The molecule has 0 unspecified atom stereocenters. The number of hydrogen-bond acceptors (Lipinski definition) is 5. The molecule has 0 aliphatic carbocycles. The van der Waals surface area contributed by atoms with Gasteiger partial charge >= 0.3 is 0 Å². The molecule has 0 saturated carbocycles. The maximum atomic E-state index is 5.92. The van der Waals surface area contributed by atoms with Gasteiger partial charge in [0.1, 0.15) is 12.1 Å². The number of anilines is 1. The molecule has 1 aliphatic heterocycles. The van der Waals surface area contributed by atoms with E-state index in [-0.39, 0.29) is 0 Å². The van der Waals surface area contributed by atoms with E-state index in [2.05, 4.69) is 31.8 Å². The largest absolute Gasteiger partial charge is 0.347 e. The van der Waals surface area contributed by atoms with E-state index in [0.717, 1.165) is 47.7 Å². The number of para-hydroxylation sites is 1. The van der Waals surface area contributed by atoms with E-state index in [1.807, 2.05) is 18.2 Å². The van der Waals surface area contributed by atoms with Crippen LogP contribution in [0.2, 0.25) is 0 Å². The van der Waals surface area contributed by atoms with Crippen molar-refractivity contribution in [3.05, 3.63) is 48.0 Å². The van der Waals surface area contributed by atoms with E-state index < -0.39 is 0 Å². The summed E-state index contributed by atoms with van der Waals surface area (Å²) in [5, 5.41) is 9.25. The van der Waals surface area contributed by atoms with E-state index in [0.29, 0.717) is 6.54 Å². The number of pyridine rings is 1. The van der Waals surface area contributed by atoms with E-state index in [9.17, 15) is 0 Å². The zero-order valence-corrected chi connectivity index (χ0v) is 11.6. The van der Waals surface area contributed by atoms with Gasteiger partial charge in [-0.3, -0.25) is 0 Å². The van der Waals surface area contributed by atoms with E-state index in [4.69, 9.17) is 10.7 Å². The molecule has 0 spiro atoms. The predicted octanol–water partition coefficient (Wildman–Crippen LogP) is 1.31. The molecule has 106 valence electrons. The van der Waals surface area contributed by atoms with Crippen molar-refractivity contribution in [1.29, 1.82) is 0 Å². The monoisotopic (exact) mass is 280 g/mol. The fraction of sp³-hybridized carbons (Fsp3) is 0.267. The minimum absolute atomic E-state index is 0.482. The molecule has 0 fully saturated rings. The quantitative estimate of drug-likeness (QED) is 0.766. The zero-order chi connectivity index (χ0) is 14.2. The second-order valence-corrected chi connectivity index (χ2v) is 5.23. The minimum atomic E-state index is 0.482. The number of nitrogens with two attached hydrogens (primary N) is 1. The topological polar surface area (TPSA) is 72.9 Å². The van der Waals surface area contributed by atoms with Gasteiger partial charge in [-0.05, 0) is 12.1 Å². The van der Waals surface area contributed by atoms with Crippen LogP contribution in [-0.2, 0) is 19.6 Å². The maximum absolute atomic E-state index is 5.92. The first-order valence-electron chi connectivity index (χ1n) is 7.05. The third kappa shape index (κ3) is 2.04. The standard InChI is InChI=1S/C15H16N6/c16-8-12-7-11-3-1-2-4-13(11)18-15(12)20-5-6-21-10-17-19-14(21)9-20/h1-4,7,10H,5-6,8-9,16H2. The summed E-state index contributed by atoms with van der Waals surface area (Å²) in [6.45, 7) is 2.97. The summed E-state index contributed by atoms with van der Waals surface area (Å²) in [4.78, 5) is 7.05. The van der Waals surface area contributed by atoms with Crippen LogP contribution in [0.1, 0.15) is 11.4 Å². The lowest BCUT2D eigenvalue weighted by Gasteiger charge is -2.29. The van der Waals surface area contributed by atoms with Crippen molar-refractivity contribution in [2.45, 2.75) is 19.6 Å². The number of benzene rings is 1. The molecule has 2 N–H and O–H groups in total. The van der Waals surface area contributed by atoms with Gasteiger partial charge in [0, 0.05) is 30.6 Å². The normalized spacial score (nSPS) is 14.4. The summed E-state index contributed by atoms with van der Waals surface area (Å²) in [5.74, 6) is 1.93. The molecule has 2 aromatic heterocycles. The van der Waals surface area contributed by atoms with Crippen molar-refractivity contribution >= 4 is 16.7 Å². The molecule has 0 bridgehead atoms. The fourth-order valence-electron chi connectivity index (χ4n) is 2.82. The van der Waals surface area contributed by atoms with Crippen molar-refractivity contribution in [2.24, 2.45) is 5.73 Å². The third-order valence-corrected chi connectivity index (χ3v) is 3.94. The van der Waals surface area contributed by atoms with Crippen LogP contribution in [0.5, 0.6) is 0 Å². The van der Waals surface area contributed by atoms with E-state index >= 15 is 0 Å². The van der Waals surface area contributed by atoms with Gasteiger partial charge in [-0.25, -0.2) is 4.98 Å². The smallest absolute Gasteiger partial charge is 0.152 e. The summed E-state index contributed by atoms with van der Waals surface area (Å²) in [6.07, 6.45) is 1.78. The van der Waals surface area contributed by atoms with Gasteiger partial charge in [0.25, 0.3) is 0 Å². The Morgan fingerprint density at radius 2 is 2.10 bits per heavy atom. The van der Waals surface area contributed by atoms with Gasteiger partial charge in [0.05, 0.1) is 12.1 Å². The molecule has 0 amide bonds. The third-order valence-electron chi connectivity index (χ3n) is 3.94. The number of fused-ring (bicyclic) bond motifs is 2. The van der Waals surface area contributed by atoms with Crippen LogP contribution in [0.25, 0.3) is 10.9 Å². The number of aromatic nitrogens is 4. The van der Waals surface area contributed by atoms with Gasteiger partial charge in [0.2, 0.25) is 0 Å². The second-order valence-electron chi connectivity index (χ2n) is 5.23. The lowest BCUT2D eigenvalue weighted by atomic mass is 10.1. The summed E-state index contributed by atoms with van der Waals surface area (Å²) in [6, 6.07) is 10.3. The Kier molecular flexibility index (Phi) is 2.82. The highest BCUT2D eigenvalue weighted by Gasteiger charge is 2.21. The summed E-state index contributed by atoms with van der Waals surface area (Å²) in [5.41, 5.74) is 7.99. The van der Waals surface area contributed by atoms with Crippen LogP contribution < -0.4 is 10.6 Å². The average molecular weight is 280 g/mol. The fourth-order valence-corrected chi connectivity index (χ4v) is 2.82. The summed E-state index contributed by atoms with van der Waals surface area (Å²) < 4.78 is 2.08. The lowest BCUT2D eigenvalue weighted by Crippen LogP contribution is -2.35. The molecule has 3 heterocycles. The van der Waals surface area contributed by atoms with Crippen molar-refractivity contribution in [1.82, 2.24) is 19.7 Å². The van der Waals surface area contributed by atoms with Crippen LogP contribution in [0, 0.1) is 0 Å². The van der Waals surface area contributed by atoms with Crippen molar-refractivity contribution in [3.8, 4) is 0 Å². The van der Waals surface area contributed by atoms with E-state index in [1.54, 1.807) is 6.33 Å². The Labute approximate surface area is 122 Å². The molecule has 1 aromatic carbocycles. The molecule has 6 nitrogen and oxygen atoms in total. The summed E-state index contributed by atoms with van der Waals surface area (Å²) in [7, 11) is 0. The van der Waals surface area contributed by atoms with Crippen LogP contribution in [0.4, 0.5) is 5.82 Å². The number of hydrogen-bond donors (Lipinski definition) is 1. The Hall–Kier alpha value is -2.47. The van der Waals surface area contributed by atoms with Crippen molar-refractivity contribution in [3.63, 3.8) is 0 Å². The Morgan fingerprint density at radius 3 is 3.00 bits per heavy atom. The average Bonchev–Trinajstić information content (AvgIpc) is 3.01. The first-order valence-corrected chi connectivity index (χ1v) is 7.05. The molecule has 4 rings (SSSR count). The van der Waals surface area contributed by atoms with Gasteiger partial charge in [-0.15, -0.1) is 10.2 Å². The Morgan fingerprint density at radius 1 is 1.19 bits per heavy atom. The molecule has 0 radical (unpaired) electrons. The van der Waals surface area contributed by atoms with Crippen LogP contribution in [-0.4, -0.2) is 26.3 Å². The number of nitrogens with zero attached hydrogens (tertiary/aromatic N) is 5. The highest BCUT2D eigenvalue weighted by Crippen LogP contribution is 2.25. The Balaban J connectivity index is 1.79. The Bertz CT molecular complexity index is 794. The molecule has 3 aromatic rings. The highest BCUT2D eigenvalue weighted by atomic mass is 15.3. The second kappa shape index (κ2) is 4.82. The van der Waals surface area contributed by atoms with Gasteiger partial charge in [-0.1, -0.05) is 18.2 Å². The maximum Gasteiger partial charge on any atom is 0.152 e. The first kappa shape index (κ1) is 12.3. The van der Waals surface area contributed by atoms with E-state index in [1.165, 1.54) is 0 Å². The molecular weight excluding hydrogens is 264 g/mol. The van der Waals surface area contributed by atoms with Crippen LogP contribution in [0.15, 0.2) is 36.7 Å². The molecule has 0 saturated heterocycles.